The van der Waals surface area contributed by atoms with Crippen molar-refractivity contribution in [3.8, 4) is 0 Å². The molecule has 0 spiro atoms. The second-order valence-corrected chi connectivity index (χ2v) is 17.7. The van der Waals surface area contributed by atoms with Crippen LogP contribution in [0.15, 0.2) is 84.5 Å². The van der Waals surface area contributed by atoms with E-state index >= 15 is 0 Å². The van der Waals surface area contributed by atoms with E-state index in [-0.39, 0.29) is 58.2 Å². The molecule has 0 aliphatic carbocycles. The number of fused-ring (bicyclic) bond motifs is 1. The summed E-state index contributed by atoms with van der Waals surface area (Å²) in [6, 6.07) is 14.4. The van der Waals surface area contributed by atoms with E-state index in [1.807, 2.05) is 36.5 Å². The Morgan fingerprint density at radius 1 is 0.667 bits per heavy atom. The number of pyridine rings is 2. The van der Waals surface area contributed by atoms with Crippen LogP contribution < -0.4 is 22.1 Å². The lowest BCUT2D eigenvalue weighted by molar-refractivity contribution is -0.149. The van der Waals surface area contributed by atoms with Crippen molar-refractivity contribution in [3.63, 3.8) is 0 Å². The SMILES string of the molecule is CN(CC(=O)NCCS)C(=O)CN(CCC(=O)O)C(=O)CN(Cc1cccnc1)C(=O)CN(CCCN=C(N)N)C(=O)CN(CCC(=O)O)C(=O)CN(CCc1c[nH]c2ccccc12)C(=O)CNCc1cccnc1. The fourth-order valence-corrected chi connectivity index (χ4v) is 7.57. The zero-order chi connectivity index (χ0) is 54.7. The second kappa shape index (κ2) is 31.5. The van der Waals surface area contributed by atoms with Crippen LogP contribution in [0, 0.1) is 0 Å². The van der Waals surface area contributed by atoms with E-state index in [9.17, 15) is 53.4 Å². The number of benzene rings is 1. The summed E-state index contributed by atoms with van der Waals surface area (Å²) in [5, 5.41) is 25.8. The molecule has 1 aromatic carbocycles. The number of likely N-dealkylation sites (N-methyl/N-ethyl adjacent to an activating group) is 1. The van der Waals surface area contributed by atoms with Crippen LogP contribution in [0.3, 0.4) is 0 Å². The van der Waals surface area contributed by atoms with Crippen LogP contribution in [-0.2, 0) is 62.7 Å². The molecule has 0 fully saturated rings. The van der Waals surface area contributed by atoms with E-state index < -0.39 is 112 Å². The highest BCUT2D eigenvalue weighted by molar-refractivity contribution is 7.80. The number of rotatable bonds is 33. The summed E-state index contributed by atoms with van der Waals surface area (Å²) >= 11 is 4.05. The molecule has 9 N–H and O–H groups in total. The van der Waals surface area contributed by atoms with Crippen LogP contribution in [0.5, 0.6) is 0 Å². The minimum Gasteiger partial charge on any atom is -0.481 e. The monoisotopic (exact) mass is 1060 g/mol. The highest BCUT2D eigenvalue weighted by Crippen LogP contribution is 2.19. The van der Waals surface area contributed by atoms with Crippen LogP contribution in [0.1, 0.15) is 36.0 Å². The third-order valence-electron chi connectivity index (χ3n) is 11.5. The van der Waals surface area contributed by atoms with E-state index in [2.05, 4.69) is 43.2 Å². The molecule has 404 valence electrons. The van der Waals surface area contributed by atoms with E-state index in [0.717, 1.165) is 46.5 Å². The highest BCUT2D eigenvalue weighted by Gasteiger charge is 2.30. The molecule has 0 saturated carbocycles. The number of carboxylic acid groups (broad SMARTS) is 2. The van der Waals surface area contributed by atoms with Gasteiger partial charge in [-0.25, -0.2) is 0 Å². The molecule has 4 rings (SSSR count). The minimum atomic E-state index is -1.27. The Labute approximate surface area is 439 Å². The molecule has 3 aromatic heterocycles. The van der Waals surface area contributed by atoms with Crippen LogP contribution in [0.25, 0.3) is 10.9 Å². The summed E-state index contributed by atoms with van der Waals surface area (Å²) in [6.45, 7) is -4.46. The zero-order valence-electron chi connectivity index (χ0n) is 41.8. The molecular weight excluding hydrogens is 993 g/mol. The lowest BCUT2D eigenvalue weighted by Gasteiger charge is -2.32. The summed E-state index contributed by atoms with van der Waals surface area (Å²) in [4.78, 5) is 142. The van der Waals surface area contributed by atoms with E-state index in [0.29, 0.717) is 24.3 Å². The van der Waals surface area contributed by atoms with Crippen molar-refractivity contribution in [2.24, 2.45) is 16.5 Å². The Morgan fingerprint density at radius 2 is 1.21 bits per heavy atom. The van der Waals surface area contributed by atoms with Gasteiger partial charge in [0.1, 0.15) is 6.54 Å². The van der Waals surface area contributed by atoms with Gasteiger partial charge in [0.15, 0.2) is 5.96 Å². The van der Waals surface area contributed by atoms with Crippen molar-refractivity contribution < 1.29 is 53.4 Å². The molecule has 0 saturated heterocycles. The summed E-state index contributed by atoms with van der Waals surface area (Å²) in [6.07, 6.45) is 7.33. The molecule has 7 amide bonds. The fourth-order valence-electron chi connectivity index (χ4n) is 7.46. The molecule has 0 unspecified atom stereocenters. The number of carbonyl (C=O) groups excluding carboxylic acids is 7. The third kappa shape index (κ3) is 21.5. The Hall–Kier alpha value is -8.13. The summed E-state index contributed by atoms with van der Waals surface area (Å²) < 4.78 is 0. The number of carboxylic acids is 2. The molecule has 26 heteroatoms. The topological polar surface area (TPSA) is 344 Å². The number of guanidine groups is 1. The first-order valence-corrected chi connectivity index (χ1v) is 24.6. The van der Waals surface area contributed by atoms with Crippen molar-refractivity contribution in [1.82, 2.24) is 55.0 Å². The number of carbonyl (C=O) groups is 9. The standard InChI is InChI=1S/C49H66N14O11S/c1-58(29-40(64)55-17-22-75)42(66)30-61(20-12-47(71)72)45(69)34-63(28-36-8-5-15-53-25-36)46(70)33-59(18-6-16-56-49(50)51)43(67)32-62(21-13-48(73)74)44(68)31-60(41(65)27-54-24-35-7-4-14-52-23-35)19-11-37-26-57-39-10-3-2-9-38(37)39/h2-5,7-10,14-15,23,25-26,54,57,75H,6,11-13,16-22,24,27-34H2,1H3,(H,55,64)(H,71,72)(H,73,74)(H4,50,51,56). The number of aromatic amines is 1. The van der Waals surface area contributed by atoms with E-state index in [4.69, 9.17) is 11.5 Å². The molecule has 0 aliphatic rings. The second-order valence-electron chi connectivity index (χ2n) is 17.2. The van der Waals surface area contributed by atoms with Gasteiger partial charge in [-0.2, -0.15) is 12.6 Å². The first-order chi connectivity index (χ1) is 35.9. The lowest BCUT2D eigenvalue weighted by atomic mass is 10.1. The normalized spacial score (nSPS) is 10.7. The molecule has 0 aliphatic heterocycles. The number of nitrogens with two attached hydrogens (primary N) is 2. The Bertz CT molecular complexity index is 2580. The molecule has 0 bridgehead atoms. The fraction of sp³-hybridized carbons (Fsp3) is 0.429. The van der Waals surface area contributed by atoms with Gasteiger partial charge in [0.25, 0.3) is 0 Å². The number of hydrogen-bond donors (Lipinski definition) is 8. The quantitative estimate of drug-likeness (QED) is 0.0120. The number of aliphatic imine (C=N–C) groups is 1. The third-order valence-corrected chi connectivity index (χ3v) is 11.7. The molecule has 0 atom stereocenters. The van der Waals surface area contributed by atoms with Crippen molar-refractivity contribution in [2.45, 2.75) is 38.8 Å². The van der Waals surface area contributed by atoms with Gasteiger partial charge < -0.3 is 66.7 Å². The van der Waals surface area contributed by atoms with Crippen LogP contribution in [-0.4, -0.2) is 212 Å². The largest absolute Gasteiger partial charge is 0.481 e. The Morgan fingerprint density at radius 3 is 1.79 bits per heavy atom. The number of amides is 7. The number of hydrogen-bond acceptors (Lipinski definition) is 14. The van der Waals surface area contributed by atoms with Gasteiger partial charge in [-0.1, -0.05) is 30.3 Å². The maximum atomic E-state index is 14.5. The maximum Gasteiger partial charge on any atom is 0.305 e. The van der Waals surface area contributed by atoms with Gasteiger partial charge in [0, 0.05) is 107 Å². The molecule has 0 radical (unpaired) electrons. The van der Waals surface area contributed by atoms with Crippen LogP contribution in [0.4, 0.5) is 0 Å². The van der Waals surface area contributed by atoms with E-state index in [1.54, 1.807) is 30.6 Å². The molecule has 3 heterocycles. The average Bonchev–Trinajstić information content (AvgIpc) is 3.80. The van der Waals surface area contributed by atoms with Crippen LogP contribution >= 0.6 is 12.6 Å². The molecule has 25 nitrogen and oxygen atoms in total. The van der Waals surface area contributed by atoms with Gasteiger partial charge in [0.2, 0.25) is 41.4 Å². The van der Waals surface area contributed by atoms with Crippen LogP contribution in [0.2, 0.25) is 0 Å². The first kappa shape index (κ1) is 59.4. The molecular formula is C49H66N14O11S. The highest BCUT2D eigenvalue weighted by atomic mass is 32.1. The van der Waals surface area contributed by atoms with Gasteiger partial charge in [-0.3, -0.25) is 58.1 Å². The minimum absolute atomic E-state index is 0.0139. The maximum absolute atomic E-state index is 14.5. The smallest absolute Gasteiger partial charge is 0.305 e. The molecule has 4 aromatic rings. The molecule has 75 heavy (non-hydrogen) atoms. The lowest BCUT2D eigenvalue weighted by Crippen LogP contribution is -2.52. The Balaban J connectivity index is 1.60. The summed E-state index contributed by atoms with van der Waals surface area (Å²) in [5.41, 5.74) is 14.1. The average molecular weight is 1060 g/mol. The van der Waals surface area contributed by atoms with Gasteiger partial charge in [0.05, 0.1) is 52.1 Å². The Kier molecular flexibility index (Phi) is 24.9. The van der Waals surface area contributed by atoms with Crippen molar-refractivity contribution in [2.75, 3.05) is 97.9 Å². The number of nitrogens with one attached hydrogen (secondary N) is 3. The van der Waals surface area contributed by atoms with E-state index in [1.165, 1.54) is 24.3 Å². The van der Waals surface area contributed by atoms with Crippen molar-refractivity contribution >= 4 is 82.8 Å². The number of aliphatic carboxylic acids is 2. The number of para-hydroxylation sites is 1. The first-order valence-electron chi connectivity index (χ1n) is 24.0. The predicted molar refractivity (Wildman–Crippen MR) is 278 cm³/mol. The number of H-pyrrole nitrogens is 1. The van der Waals surface area contributed by atoms with Crippen molar-refractivity contribution in [3.05, 3.63) is 96.2 Å². The van der Waals surface area contributed by atoms with Gasteiger partial charge in [-0.15, -0.1) is 0 Å². The number of aromatic nitrogens is 3. The van der Waals surface area contributed by atoms with Gasteiger partial charge >= 0.3 is 11.9 Å². The zero-order valence-corrected chi connectivity index (χ0v) is 42.7. The number of nitrogens with zero attached hydrogens (tertiary/aromatic N) is 9. The van der Waals surface area contributed by atoms with Crippen molar-refractivity contribution in [1.29, 1.82) is 0 Å². The predicted octanol–water partition coefficient (Wildman–Crippen LogP) is -1.25. The summed E-state index contributed by atoms with van der Waals surface area (Å²) in [7, 11) is 1.34. The van der Waals surface area contributed by atoms with Gasteiger partial charge in [-0.05, 0) is 47.7 Å². The number of thiol groups is 1. The summed E-state index contributed by atoms with van der Waals surface area (Å²) in [5.74, 6) is -7.23.